The minimum Gasteiger partial charge on any atom is -0.369 e. The van der Waals surface area contributed by atoms with Crippen molar-refractivity contribution in [3.63, 3.8) is 0 Å². The molecule has 3 rings (SSSR count). The van der Waals surface area contributed by atoms with Crippen molar-refractivity contribution >= 4 is 23.2 Å². The van der Waals surface area contributed by atoms with E-state index in [4.69, 9.17) is 4.74 Å². The molecular formula is C18H20N2O3S. The van der Waals surface area contributed by atoms with Crippen LogP contribution < -0.4 is 5.32 Å². The van der Waals surface area contributed by atoms with Crippen LogP contribution in [0.25, 0.3) is 0 Å². The summed E-state index contributed by atoms with van der Waals surface area (Å²) in [5.41, 5.74) is 0.997. The van der Waals surface area contributed by atoms with Crippen LogP contribution in [0.5, 0.6) is 0 Å². The molecule has 1 aromatic heterocycles. The Kier molecular flexibility index (Phi) is 5.27. The van der Waals surface area contributed by atoms with Gasteiger partial charge in [-0.2, -0.15) is 0 Å². The number of benzene rings is 1. The molecule has 0 unspecified atom stereocenters. The van der Waals surface area contributed by atoms with Crippen molar-refractivity contribution in [1.82, 2.24) is 10.2 Å². The van der Waals surface area contributed by atoms with Gasteiger partial charge in [-0.3, -0.25) is 9.59 Å². The summed E-state index contributed by atoms with van der Waals surface area (Å²) in [6, 6.07) is 12.9. The summed E-state index contributed by atoms with van der Waals surface area (Å²) in [6.45, 7) is 2.60. The Morgan fingerprint density at radius 2 is 2.12 bits per heavy atom. The van der Waals surface area contributed by atoms with Crippen molar-refractivity contribution in [2.45, 2.75) is 25.6 Å². The minimum absolute atomic E-state index is 0.0249. The fraction of sp³-hybridized carbons (Fsp3) is 0.333. The highest BCUT2D eigenvalue weighted by Gasteiger charge is 2.34. The van der Waals surface area contributed by atoms with Gasteiger partial charge >= 0.3 is 0 Å². The number of ether oxygens (including phenoxy) is 1. The first-order chi connectivity index (χ1) is 11.6. The van der Waals surface area contributed by atoms with E-state index in [0.29, 0.717) is 6.54 Å². The van der Waals surface area contributed by atoms with Crippen molar-refractivity contribution in [3.05, 3.63) is 58.3 Å². The lowest BCUT2D eigenvalue weighted by Crippen LogP contribution is -2.56. The molecular weight excluding hydrogens is 324 g/mol. The van der Waals surface area contributed by atoms with Gasteiger partial charge in [0.2, 0.25) is 11.8 Å². The molecule has 1 N–H and O–H groups in total. The number of hydrogen-bond acceptors (Lipinski definition) is 4. The Bertz CT molecular complexity index is 688. The average Bonchev–Trinajstić information content (AvgIpc) is 3.12. The third-order valence-electron chi connectivity index (χ3n) is 4.02. The lowest BCUT2D eigenvalue weighted by atomic mass is 10.1. The number of nitrogens with zero attached hydrogens (tertiary/aromatic N) is 1. The number of hydrogen-bond donors (Lipinski definition) is 1. The molecule has 1 aliphatic heterocycles. The summed E-state index contributed by atoms with van der Waals surface area (Å²) < 4.78 is 5.31. The van der Waals surface area contributed by atoms with Crippen LogP contribution in [0.1, 0.15) is 23.4 Å². The quantitative estimate of drug-likeness (QED) is 0.906. The van der Waals surface area contributed by atoms with Crippen LogP contribution in [-0.2, 0) is 20.9 Å². The SMILES string of the molecule is C[C@@H](NC(=O)[C@H]1COCC(=O)N1Cc1ccccc1)c1cccs1. The minimum atomic E-state index is -0.603. The maximum absolute atomic E-state index is 12.7. The number of morpholine rings is 1. The van der Waals surface area contributed by atoms with Crippen molar-refractivity contribution in [2.24, 2.45) is 0 Å². The van der Waals surface area contributed by atoms with Gasteiger partial charge < -0.3 is 15.0 Å². The normalized spacial score (nSPS) is 19.1. The van der Waals surface area contributed by atoms with E-state index in [9.17, 15) is 9.59 Å². The number of nitrogens with one attached hydrogen (secondary N) is 1. The molecule has 24 heavy (non-hydrogen) atoms. The predicted molar refractivity (Wildman–Crippen MR) is 92.5 cm³/mol. The van der Waals surface area contributed by atoms with Gasteiger partial charge in [0.25, 0.3) is 0 Å². The van der Waals surface area contributed by atoms with Crippen molar-refractivity contribution in [3.8, 4) is 0 Å². The highest BCUT2D eigenvalue weighted by molar-refractivity contribution is 7.10. The molecule has 126 valence electrons. The van der Waals surface area contributed by atoms with Gasteiger partial charge in [-0.05, 0) is 23.9 Å². The fourth-order valence-electron chi connectivity index (χ4n) is 2.72. The Morgan fingerprint density at radius 1 is 1.33 bits per heavy atom. The first-order valence-electron chi connectivity index (χ1n) is 7.90. The maximum Gasteiger partial charge on any atom is 0.249 e. The van der Waals surface area contributed by atoms with E-state index >= 15 is 0 Å². The molecule has 1 aliphatic rings. The largest absolute Gasteiger partial charge is 0.369 e. The summed E-state index contributed by atoms with van der Waals surface area (Å²) in [7, 11) is 0. The van der Waals surface area contributed by atoms with E-state index in [1.807, 2.05) is 54.8 Å². The van der Waals surface area contributed by atoms with Crippen LogP contribution in [0, 0.1) is 0 Å². The Balaban J connectivity index is 1.71. The van der Waals surface area contributed by atoms with Gasteiger partial charge in [0.15, 0.2) is 0 Å². The highest BCUT2D eigenvalue weighted by atomic mass is 32.1. The molecule has 0 saturated carbocycles. The third kappa shape index (κ3) is 3.83. The topological polar surface area (TPSA) is 58.6 Å². The number of carbonyl (C=O) groups is 2. The van der Waals surface area contributed by atoms with Crippen molar-refractivity contribution in [2.75, 3.05) is 13.2 Å². The van der Waals surface area contributed by atoms with E-state index in [1.165, 1.54) is 0 Å². The Labute approximate surface area is 145 Å². The molecule has 0 aliphatic carbocycles. The fourth-order valence-corrected chi connectivity index (χ4v) is 3.45. The van der Waals surface area contributed by atoms with Crippen LogP contribution in [0.2, 0.25) is 0 Å². The van der Waals surface area contributed by atoms with Crippen LogP contribution in [0.4, 0.5) is 0 Å². The Morgan fingerprint density at radius 3 is 2.83 bits per heavy atom. The lowest BCUT2D eigenvalue weighted by molar-refractivity contribution is -0.155. The van der Waals surface area contributed by atoms with E-state index in [-0.39, 0.29) is 31.1 Å². The summed E-state index contributed by atoms with van der Waals surface area (Å²) in [5.74, 6) is -0.339. The van der Waals surface area contributed by atoms with Gasteiger partial charge in [0, 0.05) is 11.4 Å². The summed E-state index contributed by atoms with van der Waals surface area (Å²) in [5, 5.41) is 4.97. The smallest absolute Gasteiger partial charge is 0.249 e. The van der Waals surface area contributed by atoms with E-state index in [0.717, 1.165) is 10.4 Å². The second-order valence-corrected chi connectivity index (χ2v) is 6.76. The van der Waals surface area contributed by atoms with Crippen LogP contribution in [0.3, 0.4) is 0 Å². The van der Waals surface area contributed by atoms with Gasteiger partial charge in [0.05, 0.1) is 12.6 Å². The zero-order valence-electron chi connectivity index (χ0n) is 13.5. The number of carbonyl (C=O) groups excluding carboxylic acids is 2. The zero-order valence-corrected chi connectivity index (χ0v) is 14.3. The number of thiophene rings is 1. The molecule has 2 heterocycles. The van der Waals surface area contributed by atoms with E-state index in [1.54, 1.807) is 16.2 Å². The summed E-state index contributed by atoms with van der Waals surface area (Å²) in [4.78, 5) is 27.6. The number of rotatable bonds is 5. The van der Waals surface area contributed by atoms with Crippen molar-refractivity contribution in [1.29, 1.82) is 0 Å². The van der Waals surface area contributed by atoms with Crippen LogP contribution in [0.15, 0.2) is 47.8 Å². The monoisotopic (exact) mass is 344 g/mol. The highest BCUT2D eigenvalue weighted by Crippen LogP contribution is 2.20. The Hall–Kier alpha value is -2.18. The average molecular weight is 344 g/mol. The van der Waals surface area contributed by atoms with Crippen molar-refractivity contribution < 1.29 is 14.3 Å². The standard InChI is InChI=1S/C18H20N2O3S/c1-13(16-8-5-9-24-16)19-18(22)15-11-23-12-17(21)20(15)10-14-6-3-2-4-7-14/h2-9,13,15H,10-12H2,1H3,(H,19,22)/t13-,15-/m1/s1. The molecule has 2 amide bonds. The zero-order chi connectivity index (χ0) is 16.9. The summed E-state index contributed by atoms with van der Waals surface area (Å²) >= 11 is 1.60. The second-order valence-electron chi connectivity index (χ2n) is 5.78. The van der Waals surface area contributed by atoms with E-state index < -0.39 is 6.04 Å². The van der Waals surface area contributed by atoms with Gasteiger partial charge in [0.1, 0.15) is 12.6 Å². The molecule has 1 saturated heterocycles. The predicted octanol–water partition coefficient (Wildman–Crippen LogP) is 2.35. The second kappa shape index (κ2) is 7.59. The molecule has 1 fully saturated rings. The van der Waals surface area contributed by atoms with Gasteiger partial charge in [-0.15, -0.1) is 11.3 Å². The molecule has 0 spiro atoms. The number of amides is 2. The molecule has 5 nitrogen and oxygen atoms in total. The first kappa shape index (κ1) is 16.7. The molecule has 2 atom stereocenters. The molecule has 6 heteroatoms. The van der Waals surface area contributed by atoms with Gasteiger partial charge in [-0.1, -0.05) is 36.4 Å². The molecule has 0 radical (unpaired) electrons. The lowest BCUT2D eigenvalue weighted by Gasteiger charge is -2.35. The molecule has 1 aromatic carbocycles. The first-order valence-corrected chi connectivity index (χ1v) is 8.78. The van der Waals surface area contributed by atoms with E-state index in [2.05, 4.69) is 5.32 Å². The van der Waals surface area contributed by atoms with Crippen LogP contribution >= 0.6 is 11.3 Å². The molecule has 2 aromatic rings. The third-order valence-corrected chi connectivity index (χ3v) is 5.08. The summed E-state index contributed by atoms with van der Waals surface area (Å²) in [6.07, 6.45) is 0. The van der Waals surface area contributed by atoms with Crippen LogP contribution in [-0.4, -0.2) is 36.0 Å². The van der Waals surface area contributed by atoms with Gasteiger partial charge in [-0.25, -0.2) is 0 Å². The molecule has 0 bridgehead atoms. The maximum atomic E-state index is 12.7.